The summed E-state index contributed by atoms with van der Waals surface area (Å²) in [5.41, 5.74) is 5.36. The van der Waals surface area contributed by atoms with Gasteiger partial charge in [0.25, 0.3) is 0 Å². The maximum Gasteiger partial charge on any atom is 0.324 e. The summed E-state index contributed by atoms with van der Waals surface area (Å²) in [4.78, 5) is 24.1. The Morgan fingerprint density at radius 3 is 2.77 bits per heavy atom. The molecule has 8 heteroatoms. The number of rotatable bonds is 7. The zero-order valence-electron chi connectivity index (χ0n) is 12.3. The molecule has 0 bridgehead atoms. The highest BCUT2D eigenvalue weighted by Gasteiger charge is 2.15. The number of nitrogens with two attached hydrogens (primary N) is 1. The molecule has 22 heavy (non-hydrogen) atoms. The van der Waals surface area contributed by atoms with Crippen LogP contribution in [0.4, 0.5) is 4.79 Å². The lowest BCUT2D eigenvalue weighted by Crippen LogP contribution is -2.45. The second kappa shape index (κ2) is 9.66. The van der Waals surface area contributed by atoms with Crippen molar-refractivity contribution in [1.29, 1.82) is 0 Å². The molecule has 0 aliphatic rings. The molecule has 0 fully saturated rings. The van der Waals surface area contributed by atoms with E-state index in [1.54, 1.807) is 12.1 Å². The summed E-state index contributed by atoms with van der Waals surface area (Å²) < 4.78 is 6.40. The Hall–Kier alpha value is -1.31. The topological polar surface area (TPSA) is 84.7 Å². The van der Waals surface area contributed by atoms with Crippen molar-refractivity contribution in [1.82, 2.24) is 10.2 Å². The first-order chi connectivity index (χ1) is 10.5. The maximum absolute atomic E-state index is 11.8. The van der Waals surface area contributed by atoms with Crippen molar-refractivity contribution in [3.8, 4) is 5.75 Å². The minimum absolute atomic E-state index is 0.201. The Morgan fingerprint density at radius 2 is 2.18 bits per heavy atom. The Labute approximate surface area is 143 Å². The van der Waals surface area contributed by atoms with Crippen LogP contribution in [0.5, 0.6) is 5.75 Å². The Bertz CT molecular complexity index is 528. The van der Waals surface area contributed by atoms with Crippen LogP contribution in [0.1, 0.15) is 13.3 Å². The van der Waals surface area contributed by atoms with E-state index >= 15 is 0 Å². The highest BCUT2D eigenvalue weighted by molar-refractivity contribution is 9.10. The SMILES string of the molecule is CC(=O)N(CCN)C(=O)NCCCOc1ccc(Br)cc1Cl. The lowest BCUT2D eigenvalue weighted by Gasteiger charge is -2.18. The maximum atomic E-state index is 11.8. The lowest BCUT2D eigenvalue weighted by molar-refractivity contribution is -0.125. The summed E-state index contributed by atoms with van der Waals surface area (Å²) in [6.45, 7) is 2.55. The normalized spacial score (nSPS) is 10.2. The molecule has 0 saturated carbocycles. The third kappa shape index (κ3) is 6.21. The number of halogens is 2. The van der Waals surface area contributed by atoms with E-state index in [2.05, 4.69) is 21.2 Å². The van der Waals surface area contributed by atoms with E-state index in [1.807, 2.05) is 6.07 Å². The number of carbonyl (C=O) groups excluding carboxylic acids is 2. The highest BCUT2D eigenvalue weighted by atomic mass is 79.9. The first-order valence-corrected chi connectivity index (χ1v) is 7.96. The van der Waals surface area contributed by atoms with Gasteiger partial charge in [-0.25, -0.2) is 4.79 Å². The molecule has 0 aliphatic carbocycles. The van der Waals surface area contributed by atoms with Crippen LogP contribution >= 0.6 is 27.5 Å². The van der Waals surface area contributed by atoms with Crippen molar-refractivity contribution in [2.24, 2.45) is 5.73 Å². The van der Waals surface area contributed by atoms with Crippen LogP contribution in [0.25, 0.3) is 0 Å². The van der Waals surface area contributed by atoms with E-state index < -0.39 is 6.03 Å². The minimum atomic E-state index is -0.445. The zero-order chi connectivity index (χ0) is 16.5. The van der Waals surface area contributed by atoms with Gasteiger partial charge >= 0.3 is 6.03 Å². The van der Waals surface area contributed by atoms with Gasteiger partial charge in [0, 0.05) is 31.0 Å². The average molecular weight is 393 g/mol. The minimum Gasteiger partial charge on any atom is -0.492 e. The molecular formula is C14H19BrClN3O3. The van der Waals surface area contributed by atoms with E-state index in [9.17, 15) is 9.59 Å². The molecular weight excluding hydrogens is 374 g/mol. The fourth-order valence-electron chi connectivity index (χ4n) is 1.67. The summed E-state index contributed by atoms with van der Waals surface area (Å²) in [6.07, 6.45) is 0.590. The molecule has 3 N–H and O–H groups in total. The number of hydrogen-bond donors (Lipinski definition) is 2. The third-order valence-corrected chi connectivity index (χ3v) is 3.52. The van der Waals surface area contributed by atoms with Gasteiger partial charge in [-0.15, -0.1) is 0 Å². The first kappa shape index (κ1) is 18.7. The van der Waals surface area contributed by atoms with Crippen molar-refractivity contribution < 1.29 is 14.3 Å². The summed E-state index contributed by atoms with van der Waals surface area (Å²) >= 11 is 9.34. The molecule has 0 heterocycles. The Morgan fingerprint density at radius 1 is 1.45 bits per heavy atom. The number of ether oxygens (including phenoxy) is 1. The molecule has 0 saturated heterocycles. The monoisotopic (exact) mass is 391 g/mol. The van der Waals surface area contributed by atoms with Crippen molar-refractivity contribution in [2.75, 3.05) is 26.2 Å². The lowest BCUT2D eigenvalue weighted by atomic mass is 10.3. The largest absolute Gasteiger partial charge is 0.492 e. The second-order valence-electron chi connectivity index (χ2n) is 4.47. The molecule has 0 unspecified atom stereocenters. The van der Waals surface area contributed by atoms with Crippen molar-refractivity contribution in [3.05, 3.63) is 27.7 Å². The summed E-state index contributed by atoms with van der Waals surface area (Å²) in [5, 5.41) is 3.17. The molecule has 0 spiro atoms. The smallest absolute Gasteiger partial charge is 0.324 e. The van der Waals surface area contributed by atoms with Crippen LogP contribution < -0.4 is 15.8 Å². The van der Waals surface area contributed by atoms with Crippen LogP contribution in [-0.2, 0) is 4.79 Å². The van der Waals surface area contributed by atoms with Crippen molar-refractivity contribution in [2.45, 2.75) is 13.3 Å². The van der Waals surface area contributed by atoms with Crippen LogP contribution in [0.2, 0.25) is 5.02 Å². The molecule has 0 radical (unpaired) electrons. The van der Waals surface area contributed by atoms with Crippen molar-refractivity contribution in [3.63, 3.8) is 0 Å². The second-order valence-corrected chi connectivity index (χ2v) is 5.79. The van der Waals surface area contributed by atoms with Crippen molar-refractivity contribution >= 4 is 39.5 Å². The molecule has 1 rings (SSSR count). The molecule has 0 aromatic heterocycles. The first-order valence-electron chi connectivity index (χ1n) is 6.79. The van der Waals surface area contributed by atoms with Crippen LogP contribution in [-0.4, -0.2) is 43.1 Å². The molecule has 0 atom stereocenters. The standard InChI is InChI=1S/C14H19BrClN3O3/c1-10(20)19(7-5-17)14(21)18-6-2-8-22-13-4-3-11(15)9-12(13)16/h3-4,9H,2,5-8,17H2,1H3,(H,18,21). The number of hydrogen-bond acceptors (Lipinski definition) is 4. The molecule has 0 aliphatic heterocycles. The Balaban J connectivity index is 2.30. The highest BCUT2D eigenvalue weighted by Crippen LogP contribution is 2.27. The van der Waals surface area contributed by atoms with Gasteiger partial charge in [-0.05, 0) is 24.6 Å². The Kier molecular flexibility index (Phi) is 8.22. The van der Waals surface area contributed by atoms with E-state index in [0.29, 0.717) is 30.3 Å². The predicted octanol–water partition coefficient (Wildman–Crippen LogP) is 2.39. The van der Waals surface area contributed by atoms with E-state index in [4.69, 9.17) is 22.1 Å². The molecule has 1 aromatic rings. The molecule has 1 aromatic carbocycles. The average Bonchev–Trinajstić information content (AvgIpc) is 2.45. The number of amides is 3. The van der Waals surface area contributed by atoms with Gasteiger partial charge in [-0.1, -0.05) is 27.5 Å². The number of nitrogens with one attached hydrogen (secondary N) is 1. The number of benzene rings is 1. The van der Waals surface area contributed by atoms with Gasteiger partial charge in [0.1, 0.15) is 5.75 Å². The van der Waals surface area contributed by atoms with Gasteiger partial charge in [0.2, 0.25) is 5.91 Å². The molecule has 3 amide bonds. The fraction of sp³-hybridized carbons (Fsp3) is 0.429. The summed E-state index contributed by atoms with van der Waals surface area (Å²) in [6, 6.07) is 4.90. The van der Waals surface area contributed by atoms with Gasteiger partial charge in [0.15, 0.2) is 0 Å². The van der Waals surface area contributed by atoms with E-state index in [-0.39, 0.29) is 19.0 Å². The summed E-state index contributed by atoms with van der Waals surface area (Å²) in [5.74, 6) is 0.255. The van der Waals surface area contributed by atoms with E-state index in [1.165, 1.54) is 6.92 Å². The number of nitrogens with zero attached hydrogens (tertiary/aromatic N) is 1. The van der Waals surface area contributed by atoms with Crippen LogP contribution in [0, 0.1) is 0 Å². The van der Waals surface area contributed by atoms with E-state index in [0.717, 1.165) is 9.37 Å². The quantitative estimate of drug-likeness (QED) is 0.698. The third-order valence-electron chi connectivity index (χ3n) is 2.73. The number of urea groups is 1. The van der Waals surface area contributed by atoms with Gasteiger partial charge in [-0.3, -0.25) is 9.69 Å². The van der Waals surface area contributed by atoms with Gasteiger partial charge < -0.3 is 15.8 Å². The van der Waals surface area contributed by atoms with Gasteiger partial charge in [-0.2, -0.15) is 0 Å². The number of imide groups is 1. The summed E-state index contributed by atoms with van der Waals surface area (Å²) in [7, 11) is 0. The van der Waals surface area contributed by atoms with Crippen LogP contribution in [0.15, 0.2) is 22.7 Å². The fourth-order valence-corrected chi connectivity index (χ4v) is 2.40. The number of carbonyl (C=O) groups is 2. The van der Waals surface area contributed by atoms with Crippen LogP contribution in [0.3, 0.4) is 0 Å². The molecule has 122 valence electrons. The zero-order valence-corrected chi connectivity index (χ0v) is 14.6. The van der Waals surface area contributed by atoms with Gasteiger partial charge in [0.05, 0.1) is 11.6 Å². The molecule has 6 nitrogen and oxygen atoms in total. The predicted molar refractivity (Wildman–Crippen MR) is 89.1 cm³/mol.